The number of aliphatic hydroxyl groups is 2. The molecule has 1 aliphatic heterocycles. The summed E-state index contributed by atoms with van der Waals surface area (Å²) in [5.41, 5.74) is 16.6. The average Bonchev–Trinajstić information content (AvgIpc) is 3.88. The molecular weight excluding hydrogens is 963 g/mol. The van der Waals surface area contributed by atoms with Crippen LogP contribution in [0.25, 0.3) is 0 Å². The number of benzene rings is 1. The maximum atomic E-state index is 14.4. The molecule has 2 aromatic rings. The Hall–Kier alpha value is -6.35. The van der Waals surface area contributed by atoms with Crippen molar-refractivity contribution in [3.8, 4) is 0 Å². The number of aldehydes is 1. The van der Waals surface area contributed by atoms with Crippen molar-refractivity contribution in [1.82, 2.24) is 53.2 Å². The average molecular weight is 1040 g/mol. The van der Waals surface area contributed by atoms with Gasteiger partial charge in [0.15, 0.2) is 0 Å². The van der Waals surface area contributed by atoms with E-state index in [4.69, 9.17) is 21.6 Å². The molecule has 0 saturated carbocycles. The number of aliphatic hydroxyl groups excluding tert-OH is 2. The predicted octanol–water partition coefficient (Wildman–Crippen LogP) is -4.66. The molecule has 0 spiro atoms. The molecular formula is C49H79N13O12. The summed E-state index contributed by atoms with van der Waals surface area (Å²) in [4.78, 5) is 124. The first kappa shape index (κ1) is 61.9. The first-order chi connectivity index (χ1) is 35.3. The van der Waals surface area contributed by atoms with Crippen LogP contribution in [-0.2, 0) is 56.0 Å². The van der Waals surface area contributed by atoms with E-state index in [1.165, 1.54) is 13.2 Å². The third-order valence-corrected chi connectivity index (χ3v) is 12.2. The van der Waals surface area contributed by atoms with Crippen LogP contribution in [0, 0.1) is 5.92 Å². The molecule has 1 fully saturated rings. The highest BCUT2D eigenvalue weighted by molar-refractivity contribution is 5.95. The lowest BCUT2D eigenvalue weighted by atomic mass is 9.90. The van der Waals surface area contributed by atoms with Gasteiger partial charge in [-0.05, 0) is 88.7 Å². The Bertz CT molecular complexity index is 2120. The molecule has 25 nitrogen and oxygen atoms in total. The third-order valence-electron chi connectivity index (χ3n) is 12.2. The van der Waals surface area contributed by atoms with Crippen molar-refractivity contribution in [2.75, 3.05) is 45.9 Å². The molecule has 412 valence electrons. The first-order valence-corrected chi connectivity index (χ1v) is 25.1. The zero-order valence-corrected chi connectivity index (χ0v) is 42.8. The maximum absolute atomic E-state index is 14.4. The summed E-state index contributed by atoms with van der Waals surface area (Å²) in [6.45, 7) is 4.89. The van der Waals surface area contributed by atoms with E-state index in [1.807, 2.05) is 13.8 Å². The number of carbonyl (C=O) groups excluding carboxylic acids is 9. The van der Waals surface area contributed by atoms with Gasteiger partial charge in [-0.15, -0.1) is 0 Å². The van der Waals surface area contributed by atoms with Crippen LogP contribution in [0.1, 0.15) is 77.5 Å². The highest BCUT2D eigenvalue weighted by atomic mass is 16.3. The van der Waals surface area contributed by atoms with Gasteiger partial charge in [0.2, 0.25) is 47.3 Å². The molecule has 18 N–H and O–H groups in total. The minimum absolute atomic E-state index is 0.0556. The molecule has 2 heterocycles. The summed E-state index contributed by atoms with van der Waals surface area (Å²) in [7, 11) is 0. The second kappa shape index (κ2) is 32.1. The summed E-state index contributed by atoms with van der Waals surface area (Å²) in [5.74, 6) is -5.68. The fourth-order valence-corrected chi connectivity index (χ4v) is 8.09. The van der Waals surface area contributed by atoms with Gasteiger partial charge in [-0.25, -0.2) is 0 Å². The van der Waals surface area contributed by atoms with Crippen LogP contribution in [0.15, 0.2) is 53.1 Å². The number of amides is 8. The molecule has 1 saturated heterocycles. The number of hydrogen-bond donors (Lipinski definition) is 15. The molecule has 3 rings (SSSR count). The van der Waals surface area contributed by atoms with E-state index in [2.05, 4.69) is 53.2 Å². The lowest BCUT2D eigenvalue weighted by molar-refractivity contribution is -0.135. The second-order valence-corrected chi connectivity index (χ2v) is 18.8. The van der Waals surface area contributed by atoms with Gasteiger partial charge in [0, 0.05) is 26.1 Å². The number of nitrogens with one attached hydrogen (secondary N) is 10. The lowest BCUT2D eigenvalue weighted by Gasteiger charge is -2.34. The van der Waals surface area contributed by atoms with Crippen LogP contribution in [0.3, 0.4) is 0 Å². The van der Waals surface area contributed by atoms with Crippen LogP contribution in [0.4, 0.5) is 0 Å². The van der Waals surface area contributed by atoms with Crippen molar-refractivity contribution in [2.24, 2.45) is 23.1 Å². The van der Waals surface area contributed by atoms with Gasteiger partial charge in [-0.1, -0.05) is 51.1 Å². The van der Waals surface area contributed by atoms with Crippen molar-refractivity contribution in [3.05, 3.63) is 60.1 Å². The van der Waals surface area contributed by atoms with Gasteiger partial charge in [0.25, 0.3) is 0 Å². The zero-order chi connectivity index (χ0) is 54.8. The molecule has 1 aliphatic rings. The fourth-order valence-electron chi connectivity index (χ4n) is 8.09. The van der Waals surface area contributed by atoms with E-state index in [0.29, 0.717) is 17.6 Å². The quantitative estimate of drug-likeness (QED) is 0.0493. The van der Waals surface area contributed by atoms with Crippen molar-refractivity contribution >= 4 is 53.5 Å². The molecule has 10 atom stereocenters. The van der Waals surface area contributed by atoms with Gasteiger partial charge in [-0.2, -0.15) is 0 Å². The van der Waals surface area contributed by atoms with Crippen LogP contribution in [0.2, 0.25) is 0 Å². The summed E-state index contributed by atoms with van der Waals surface area (Å²) in [6.07, 6.45) is 0.128. The minimum atomic E-state index is -1.75. The number of carbonyl (C=O) groups is 9. The Balaban J connectivity index is 2.07. The monoisotopic (exact) mass is 1040 g/mol. The van der Waals surface area contributed by atoms with Crippen LogP contribution >= 0.6 is 0 Å². The van der Waals surface area contributed by atoms with E-state index in [0.717, 1.165) is 0 Å². The molecule has 1 unspecified atom stereocenters. The Kier molecular flexibility index (Phi) is 26.8. The molecule has 0 bridgehead atoms. The Morgan fingerprint density at radius 3 is 1.93 bits per heavy atom. The molecule has 0 aliphatic carbocycles. The number of nitrogens with two attached hydrogens (primary N) is 3. The lowest BCUT2D eigenvalue weighted by Crippen LogP contribution is -2.64. The minimum Gasteiger partial charge on any atom is -0.469 e. The van der Waals surface area contributed by atoms with E-state index in [9.17, 15) is 53.4 Å². The smallest absolute Gasteiger partial charge is 0.245 e. The summed E-state index contributed by atoms with van der Waals surface area (Å²) in [5, 5.41) is 48.4. The Morgan fingerprint density at radius 1 is 0.797 bits per heavy atom. The van der Waals surface area contributed by atoms with Crippen molar-refractivity contribution in [3.63, 3.8) is 0 Å². The van der Waals surface area contributed by atoms with Crippen molar-refractivity contribution in [1.29, 1.82) is 0 Å². The summed E-state index contributed by atoms with van der Waals surface area (Å²) < 4.78 is 5.22. The van der Waals surface area contributed by atoms with Crippen molar-refractivity contribution < 1.29 is 57.8 Å². The van der Waals surface area contributed by atoms with Crippen LogP contribution in [-0.4, -0.2) is 170 Å². The largest absolute Gasteiger partial charge is 0.469 e. The SMILES string of the molecule is CC[C@H](NC(=O)Cc1ccco1)C(=O)NC(CO)CN[C@H]1CCNC(=O)[C@H]([C@@H](C)O)NC(=O)[C@H](CCN)NC(=O)[C@H](CCN)NC(=O)[C@H](CC(C)C)NC[C@@](C=O)(Cc2ccccc2)NC(=O)[C@H](CCN)NC1=O. The van der Waals surface area contributed by atoms with Crippen molar-refractivity contribution in [2.45, 2.75) is 139 Å². The topological polar surface area (TPSA) is 406 Å². The standard InChI is InChI=1S/C49H79N13O12/c1-5-34(57-40(66)23-33-12-9-21-74-33)42(67)56-32(26-63)25-54-35-16-20-53-48(73)41(30(4)65)61-45(70)37(14-18-51)58-44(69)36(13-17-50)59-46(71)39(22-29(2)3)55-27-49(28-64,24-31-10-7-6-8-11-31)62-47(72)38(15-19-52)60-43(35)68/h6-12,21,28-30,32,34-39,41,54-55,63,65H,5,13-20,22-27,50-52H2,1-4H3,(H,53,73)(H,56,67)(H,57,66)(H,58,69)(H,59,71)(H,60,68)(H,61,70)(H,62,72)/t30-,32?,34+,35+,36+,37+,38+,39+,41+,49-/m1/s1. The van der Waals surface area contributed by atoms with Gasteiger partial charge < -0.3 is 89.8 Å². The van der Waals surface area contributed by atoms with E-state index in [-0.39, 0.29) is 96.6 Å². The first-order valence-electron chi connectivity index (χ1n) is 25.1. The van der Waals surface area contributed by atoms with Gasteiger partial charge in [0.1, 0.15) is 47.8 Å². The zero-order valence-electron chi connectivity index (χ0n) is 42.8. The number of rotatable bonds is 22. The Morgan fingerprint density at radius 2 is 1.39 bits per heavy atom. The molecule has 1 aromatic heterocycles. The fraction of sp³-hybridized carbons (Fsp3) is 0.612. The van der Waals surface area contributed by atoms with Crippen LogP contribution in [0.5, 0.6) is 0 Å². The maximum Gasteiger partial charge on any atom is 0.245 e. The van der Waals surface area contributed by atoms with E-state index in [1.54, 1.807) is 49.4 Å². The van der Waals surface area contributed by atoms with Gasteiger partial charge in [-0.3, -0.25) is 38.4 Å². The number of hydrogen-bond acceptors (Lipinski definition) is 17. The second-order valence-electron chi connectivity index (χ2n) is 18.8. The highest BCUT2D eigenvalue weighted by Crippen LogP contribution is 2.15. The molecule has 0 radical (unpaired) electrons. The molecule has 1 aromatic carbocycles. The number of furan rings is 1. The normalized spacial score (nSPS) is 24.4. The molecule has 74 heavy (non-hydrogen) atoms. The summed E-state index contributed by atoms with van der Waals surface area (Å²) in [6, 6.07) is 2.04. The molecule has 8 amide bonds. The van der Waals surface area contributed by atoms with E-state index < -0.39 is 114 Å². The molecule has 25 heteroatoms. The summed E-state index contributed by atoms with van der Waals surface area (Å²) >= 11 is 0. The third kappa shape index (κ3) is 20.5. The van der Waals surface area contributed by atoms with Gasteiger partial charge >= 0.3 is 0 Å². The Labute approximate surface area is 431 Å². The highest BCUT2D eigenvalue weighted by Gasteiger charge is 2.38. The van der Waals surface area contributed by atoms with E-state index >= 15 is 0 Å². The van der Waals surface area contributed by atoms with Crippen LogP contribution < -0.4 is 70.4 Å². The van der Waals surface area contributed by atoms with Gasteiger partial charge in [0.05, 0.1) is 43.5 Å². The predicted molar refractivity (Wildman–Crippen MR) is 272 cm³/mol.